The largest absolute Gasteiger partial charge is 0.493 e. The highest BCUT2D eigenvalue weighted by atomic mass is 79.9. The molecule has 0 radical (unpaired) electrons. The summed E-state index contributed by atoms with van der Waals surface area (Å²) in [5.74, 6) is 1.09. The first kappa shape index (κ1) is 27.4. The number of carbonyl (C=O) groups is 1. The molecule has 10 heteroatoms. The maximum Gasteiger partial charge on any atom is 0.338 e. The lowest BCUT2D eigenvalue weighted by molar-refractivity contribution is -0.139. The highest BCUT2D eigenvalue weighted by Crippen LogP contribution is 2.40. The van der Waals surface area contributed by atoms with E-state index in [9.17, 15) is 9.59 Å². The first-order valence-corrected chi connectivity index (χ1v) is 13.4. The van der Waals surface area contributed by atoms with Crippen LogP contribution in [0.1, 0.15) is 31.0 Å². The van der Waals surface area contributed by atoms with Crippen molar-refractivity contribution in [3.05, 3.63) is 95.6 Å². The Bertz CT molecular complexity index is 1600. The molecule has 0 saturated carbocycles. The number of thiazole rings is 1. The average molecular weight is 600 g/mol. The number of allylic oxidation sites excluding steroid dienone is 1. The number of fused-ring (bicyclic) bond motifs is 1. The third-order valence-electron chi connectivity index (χ3n) is 5.84. The highest BCUT2D eigenvalue weighted by Gasteiger charge is 2.35. The van der Waals surface area contributed by atoms with Gasteiger partial charge in [-0.2, -0.15) is 0 Å². The number of aromatic nitrogens is 1. The van der Waals surface area contributed by atoms with E-state index in [1.54, 1.807) is 45.2 Å². The molecule has 1 aliphatic rings. The maximum absolute atomic E-state index is 13.9. The molecule has 38 heavy (non-hydrogen) atoms. The van der Waals surface area contributed by atoms with E-state index in [-0.39, 0.29) is 17.7 Å². The van der Waals surface area contributed by atoms with Crippen LogP contribution in [0, 0.1) is 0 Å². The van der Waals surface area contributed by atoms with Gasteiger partial charge in [0, 0.05) is 4.47 Å². The number of hydrogen-bond acceptors (Lipinski definition) is 8. The Morgan fingerprint density at radius 3 is 2.63 bits per heavy atom. The monoisotopic (exact) mass is 598 g/mol. The predicted octanol–water partition coefficient (Wildman–Crippen LogP) is 4.14. The Balaban J connectivity index is 1.95. The van der Waals surface area contributed by atoms with Crippen LogP contribution < -0.4 is 29.1 Å². The first-order chi connectivity index (χ1) is 18.3. The van der Waals surface area contributed by atoms with E-state index in [0.29, 0.717) is 48.9 Å². The summed E-state index contributed by atoms with van der Waals surface area (Å²) in [6.07, 6.45) is 3.45. The van der Waals surface area contributed by atoms with Gasteiger partial charge in [0.05, 0.1) is 42.7 Å². The number of benzene rings is 2. The SMILES string of the molecule is C=CCOc1cccc(/C=c2\sc3n(c2=O)[C@H](c2cc(OC)c(OC)cc2Br)C(C(=O)OCC)=C(C)N=3)c1. The summed E-state index contributed by atoms with van der Waals surface area (Å²) in [5, 5.41) is 0. The topological polar surface area (TPSA) is 88.3 Å². The zero-order valence-electron chi connectivity index (χ0n) is 21.4. The highest BCUT2D eigenvalue weighted by molar-refractivity contribution is 9.10. The lowest BCUT2D eigenvalue weighted by atomic mass is 9.95. The molecule has 0 amide bonds. The van der Waals surface area contributed by atoms with Gasteiger partial charge in [0.1, 0.15) is 12.4 Å². The van der Waals surface area contributed by atoms with E-state index in [4.69, 9.17) is 18.9 Å². The third-order valence-corrected chi connectivity index (χ3v) is 7.51. The lowest BCUT2D eigenvalue weighted by Gasteiger charge is -2.26. The van der Waals surface area contributed by atoms with Crippen LogP contribution in [0.4, 0.5) is 0 Å². The second-order valence-corrected chi connectivity index (χ2v) is 10.1. The van der Waals surface area contributed by atoms with Crippen LogP contribution in [0.2, 0.25) is 0 Å². The molecule has 0 saturated heterocycles. The predicted molar refractivity (Wildman–Crippen MR) is 150 cm³/mol. The number of methoxy groups -OCH3 is 2. The zero-order valence-corrected chi connectivity index (χ0v) is 23.9. The number of ether oxygens (including phenoxy) is 4. The Morgan fingerprint density at radius 2 is 1.95 bits per heavy atom. The fourth-order valence-corrected chi connectivity index (χ4v) is 5.75. The minimum atomic E-state index is -0.802. The van der Waals surface area contributed by atoms with Gasteiger partial charge in [-0.05, 0) is 55.3 Å². The van der Waals surface area contributed by atoms with Crippen LogP contribution in [-0.2, 0) is 9.53 Å². The molecule has 1 atom stereocenters. The van der Waals surface area contributed by atoms with Crippen molar-refractivity contribution in [3.63, 3.8) is 0 Å². The van der Waals surface area contributed by atoms with Gasteiger partial charge < -0.3 is 18.9 Å². The normalized spacial score (nSPS) is 15.0. The van der Waals surface area contributed by atoms with Gasteiger partial charge in [-0.15, -0.1) is 0 Å². The van der Waals surface area contributed by atoms with Gasteiger partial charge in [0.25, 0.3) is 5.56 Å². The molecule has 1 aromatic heterocycles. The van der Waals surface area contributed by atoms with Gasteiger partial charge in [0.15, 0.2) is 16.3 Å². The van der Waals surface area contributed by atoms with Crippen molar-refractivity contribution in [1.29, 1.82) is 0 Å². The standard InChI is InChI=1S/C28H27BrN2O6S/c1-6-11-37-18-10-8-9-17(12-18)13-23-26(32)31-25(19-14-21(34-4)22(35-5)15-20(19)29)24(27(33)36-7-2)16(3)30-28(31)38-23/h6,8-10,12-15,25H,1,7,11H2,2-5H3/b23-13-/t25-/m1/s1. The minimum Gasteiger partial charge on any atom is -0.493 e. The summed E-state index contributed by atoms with van der Waals surface area (Å²) in [4.78, 5) is 32.1. The summed E-state index contributed by atoms with van der Waals surface area (Å²) in [7, 11) is 3.07. The number of rotatable bonds is 9. The molecule has 0 aliphatic carbocycles. The van der Waals surface area contributed by atoms with E-state index >= 15 is 0 Å². The molecule has 2 heterocycles. The Hall–Kier alpha value is -3.63. The summed E-state index contributed by atoms with van der Waals surface area (Å²) < 4.78 is 24.6. The molecule has 0 fully saturated rings. The Kier molecular flexibility index (Phi) is 8.53. The Morgan fingerprint density at radius 1 is 1.21 bits per heavy atom. The van der Waals surface area contributed by atoms with Gasteiger partial charge in [-0.3, -0.25) is 9.36 Å². The molecule has 0 bridgehead atoms. The van der Waals surface area contributed by atoms with Gasteiger partial charge in [0.2, 0.25) is 0 Å². The molecular weight excluding hydrogens is 572 g/mol. The summed E-state index contributed by atoms with van der Waals surface area (Å²) >= 11 is 4.85. The molecular formula is C28H27BrN2O6S. The lowest BCUT2D eigenvalue weighted by Crippen LogP contribution is -2.40. The van der Waals surface area contributed by atoms with Crippen LogP contribution in [0.15, 0.2) is 74.6 Å². The van der Waals surface area contributed by atoms with Crippen LogP contribution in [0.25, 0.3) is 6.08 Å². The fraction of sp³-hybridized carbons (Fsp3) is 0.250. The van der Waals surface area contributed by atoms with Crippen molar-refractivity contribution >= 4 is 39.3 Å². The van der Waals surface area contributed by atoms with Crippen molar-refractivity contribution in [2.75, 3.05) is 27.4 Å². The van der Waals surface area contributed by atoms with Crippen LogP contribution >= 0.6 is 27.3 Å². The zero-order chi connectivity index (χ0) is 27.4. The molecule has 198 valence electrons. The Labute approximate surface area is 232 Å². The number of halogens is 1. The van der Waals surface area contributed by atoms with Crippen molar-refractivity contribution < 1.29 is 23.7 Å². The number of nitrogens with zero attached hydrogens (tertiary/aromatic N) is 2. The summed E-state index contributed by atoms with van der Waals surface area (Å²) in [6, 6.07) is 10.1. The van der Waals surface area contributed by atoms with Gasteiger partial charge in [-0.25, -0.2) is 9.79 Å². The van der Waals surface area contributed by atoms with Crippen molar-refractivity contribution in [2.45, 2.75) is 19.9 Å². The van der Waals surface area contributed by atoms with Crippen molar-refractivity contribution in [2.24, 2.45) is 4.99 Å². The van der Waals surface area contributed by atoms with Crippen molar-refractivity contribution in [1.82, 2.24) is 4.57 Å². The molecule has 8 nitrogen and oxygen atoms in total. The van der Waals surface area contributed by atoms with E-state index < -0.39 is 12.0 Å². The molecule has 0 unspecified atom stereocenters. The first-order valence-electron chi connectivity index (χ1n) is 11.8. The summed E-state index contributed by atoms with van der Waals surface area (Å²) in [5.41, 5.74) is 1.89. The van der Waals surface area contributed by atoms with Crippen LogP contribution in [-0.4, -0.2) is 38.0 Å². The van der Waals surface area contributed by atoms with E-state index in [1.807, 2.05) is 24.3 Å². The van der Waals surface area contributed by atoms with E-state index in [2.05, 4.69) is 27.5 Å². The maximum atomic E-state index is 13.9. The van der Waals surface area contributed by atoms with Gasteiger partial charge in [-0.1, -0.05) is 52.1 Å². The molecule has 1 aliphatic heterocycles. The van der Waals surface area contributed by atoms with E-state index in [1.165, 1.54) is 23.0 Å². The number of hydrogen-bond donors (Lipinski definition) is 0. The van der Waals surface area contributed by atoms with Crippen molar-refractivity contribution in [3.8, 4) is 17.2 Å². The quantitative estimate of drug-likeness (QED) is 0.272. The van der Waals surface area contributed by atoms with E-state index in [0.717, 1.165) is 5.56 Å². The third kappa shape index (κ3) is 5.32. The second kappa shape index (κ2) is 11.8. The smallest absolute Gasteiger partial charge is 0.338 e. The fourth-order valence-electron chi connectivity index (χ4n) is 4.17. The van der Waals surface area contributed by atoms with Gasteiger partial charge >= 0.3 is 5.97 Å². The average Bonchev–Trinajstić information content (AvgIpc) is 3.20. The van der Waals surface area contributed by atoms with Crippen LogP contribution in [0.5, 0.6) is 17.2 Å². The summed E-state index contributed by atoms with van der Waals surface area (Å²) in [6.45, 7) is 7.71. The number of carbonyl (C=O) groups excluding carboxylic acids is 1. The molecule has 3 aromatic rings. The minimum absolute atomic E-state index is 0.185. The molecule has 4 rings (SSSR count). The number of esters is 1. The molecule has 0 spiro atoms. The molecule has 0 N–H and O–H groups in total. The van der Waals surface area contributed by atoms with Crippen LogP contribution in [0.3, 0.4) is 0 Å². The second-order valence-electron chi connectivity index (χ2n) is 8.20. The molecule has 2 aromatic carbocycles.